The average Bonchev–Trinajstić information content (AvgIpc) is 3.20. The van der Waals surface area contributed by atoms with Crippen LogP contribution in [-0.2, 0) is 23.3 Å². The summed E-state index contributed by atoms with van der Waals surface area (Å²) in [5.41, 5.74) is -0.477. The van der Waals surface area contributed by atoms with Gasteiger partial charge in [-0.15, -0.1) is 0 Å². The molecule has 7 heteroatoms. The third-order valence-electron chi connectivity index (χ3n) is 5.54. The molecule has 4 saturated heterocycles. The van der Waals surface area contributed by atoms with E-state index in [1.54, 1.807) is 7.11 Å². The van der Waals surface area contributed by atoms with E-state index in [9.17, 15) is 0 Å². The lowest BCUT2D eigenvalue weighted by Crippen LogP contribution is -2.45. The van der Waals surface area contributed by atoms with E-state index in [0.717, 1.165) is 6.54 Å². The molecule has 23 heavy (non-hydrogen) atoms. The fraction of sp³-hybridized carbons (Fsp3) is 1.00. The molecule has 0 aromatic carbocycles. The predicted octanol–water partition coefficient (Wildman–Crippen LogP) is 2.32. The van der Waals surface area contributed by atoms with Crippen LogP contribution in [0.5, 0.6) is 0 Å². The van der Waals surface area contributed by atoms with Gasteiger partial charge in [0.15, 0.2) is 0 Å². The average molecular weight is 345 g/mol. The van der Waals surface area contributed by atoms with Crippen molar-refractivity contribution in [2.45, 2.75) is 69.7 Å². The quantitative estimate of drug-likeness (QED) is 0.713. The highest BCUT2D eigenvalue weighted by Crippen LogP contribution is 2.60. The van der Waals surface area contributed by atoms with Crippen LogP contribution in [0.1, 0.15) is 33.6 Å². The van der Waals surface area contributed by atoms with Crippen LogP contribution in [0.4, 0.5) is 0 Å². The van der Waals surface area contributed by atoms with Gasteiger partial charge in [0.2, 0.25) is 0 Å². The molecule has 4 heterocycles. The van der Waals surface area contributed by atoms with Gasteiger partial charge in [0.05, 0.1) is 25.4 Å². The third-order valence-corrected chi connectivity index (χ3v) is 7.29. The van der Waals surface area contributed by atoms with Crippen molar-refractivity contribution >= 4 is 8.53 Å². The molecular formula is C16H28NO5P. The first-order valence-corrected chi connectivity index (χ1v) is 9.87. The zero-order valence-electron chi connectivity index (χ0n) is 14.4. The van der Waals surface area contributed by atoms with Crippen LogP contribution in [0.25, 0.3) is 0 Å². The molecule has 0 saturated carbocycles. The second-order valence-corrected chi connectivity index (χ2v) is 8.96. The first-order valence-electron chi connectivity index (χ1n) is 8.74. The van der Waals surface area contributed by atoms with Gasteiger partial charge in [0.1, 0.15) is 17.8 Å². The van der Waals surface area contributed by atoms with Crippen LogP contribution in [-0.4, -0.2) is 67.6 Å². The number of fused-ring (bicyclic) bond motifs is 3. The molecule has 0 aromatic heterocycles. The maximum absolute atomic E-state index is 6.52. The number of ether oxygens (including phenoxy) is 3. The lowest BCUT2D eigenvalue weighted by molar-refractivity contribution is -0.158. The zero-order chi connectivity index (χ0) is 16.2. The molecule has 0 radical (unpaired) electrons. The fourth-order valence-electron chi connectivity index (χ4n) is 4.48. The molecular weight excluding hydrogens is 317 g/mol. The summed E-state index contributed by atoms with van der Waals surface area (Å²) < 4.78 is 32.8. The van der Waals surface area contributed by atoms with Crippen LogP contribution < -0.4 is 0 Å². The monoisotopic (exact) mass is 345 g/mol. The van der Waals surface area contributed by atoms with Gasteiger partial charge in [-0.1, -0.05) is 13.8 Å². The highest BCUT2D eigenvalue weighted by Gasteiger charge is 2.63. The Kier molecular flexibility index (Phi) is 4.46. The number of hydrogen-bond donors (Lipinski definition) is 0. The Bertz CT molecular complexity index is 452. The largest absolute Gasteiger partial charge is 0.381 e. The lowest BCUT2D eigenvalue weighted by atomic mass is 9.99. The van der Waals surface area contributed by atoms with Crippen molar-refractivity contribution in [1.82, 2.24) is 4.67 Å². The minimum absolute atomic E-state index is 0.0181. The molecule has 0 spiro atoms. The van der Waals surface area contributed by atoms with Gasteiger partial charge >= 0.3 is 0 Å². The predicted molar refractivity (Wildman–Crippen MR) is 86.1 cm³/mol. The van der Waals surface area contributed by atoms with Crippen LogP contribution in [0.15, 0.2) is 0 Å². The molecule has 0 N–H and O–H groups in total. The number of nitrogens with zero attached hydrogens (tertiary/aromatic N) is 1. The minimum atomic E-state index is -1.03. The van der Waals surface area contributed by atoms with Crippen molar-refractivity contribution in [2.24, 2.45) is 5.92 Å². The first kappa shape index (κ1) is 16.6. The number of rotatable bonds is 5. The smallest absolute Gasteiger partial charge is 0.259 e. The van der Waals surface area contributed by atoms with Crippen molar-refractivity contribution in [1.29, 1.82) is 0 Å². The molecule has 132 valence electrons. The van der Waals surface area contributed by atoms with Crippen LogP contribution in [0, 0.1) is 5.92 Å². The van der Waals surface area contributed by atoms with Gasteiger partial charge in [0.25, 0.3) is 8.53 Å². The van der Waals surface area contributed by atoms with E-state index in [2.05, 4.69) is 25.4 Å². The van der Waals surface area contributed by atoms with E-state index >= 15 is 0 Å². The molecule has 4 unspecified atom stereocenters. The molecule has 4 aliphatic heterocycles. The molecule has 6 nitrogen and oxygen atoms in total. The summed E-state index contributed by atoms with van der Waals surface area (Å²) in [6.45, 7) is 8.64. The Balaban J connectivity index is 1.51. The maximum atomic E-state index is 6.52. The molecule has 2 bridgehead atoms. The molecule has 0 aromatic rings. The topological polar surface area (TPSA) is 49.4 Å². The fourth-order valence-corrected chi connectivity index (χ4v) is 6.67. The summed E-state index contributed by atoms with van der Waals surface area (Å²) in [5, 5.41) is 0. The van der Waals surface area contributed by atoms with Gasteiger partial charge in [0, 0.05) is 19.7 Å². The standard InChI is InChI=1S/C16H28NO5P/c1-10(2)13-12-6-5-7-17(12)23(21-13)22-15-14-11(3)20-16(15,8-18-4)9-19-14/h10-15H,5-9H2,1-4H3/t11-,12?,13?,14?,15+,16-,23?/m0/s1. The van der Waals surface area contributed by atoms with E-state index in [0.29, 0.717) is 25.2 Å². The first-order chi connectivity index (χ1) is 11.1. The Morgan fingerprint density at radius 1 is 1.39 bits per heavy atom. The Hall–Kier alpha value is 0.190. The van der Waals surface area contributed by atoms with E-state index in [1.165, 1.54) is 12.8 Å². The van der Waals surface area contributed by atoms with Gasteiger partial charge in [-0.2, -0.15) is 0 Å². The van der Waals surface area contributed by atoms with Crippen LogP contribution >= 0.6 is 8.53 Å². The van der Waals surface area contributed by atoms with Crippen molar-refractivity contribution in [2.75, 3.05) is 26.9 Å². The molecule has 4 fully saturated rings. The Labute approximate surface area is 139 Å². The Morgan fingerprint density at radius 2 is 2.22 bits per heavy atom. The summed E-state index contributed by atoms with van der Waals surface area (Å²) in [5.74, 6) is 0.511. The van der Waals surface area contributed by atoms with E-state index in [1.807, 2.05) is 0 Å². The third kappa shape index (κ3) is 2.58. The summed E-state index contributed by atoms with van der Waals surface area (Å²) in [6, 6.07) is 0.512. The zero-order valence-corrected chi connectivity index (χ0v) is 15.3. The van der Waals surface area contributed by atoms with Crippen molar-refractivity contribution < 1.29 is 23.3 Å². The second-order valence-electron chi connectivity index (χ2n) is 7.55. The van der Waals surface area contributed by atoms with E-state index in [4.69, 9.17) is 23.3 Å². The number of methoxy groups -OCH3 is 1. The van der Waals surface area contributed by atoms with Gasteiger partial charge < -0.3 is 23.3 Å². The van der Waals surface area contributed by atoms with Crippen LogP contribution in [0.3, 0.4) is 0 Å². The molecule has 0 amide bonds. The lowest BCUT2D eigenvalue weighted by Gasteiger charge is -2.31. The highest BCUT2D eigenvalue weighted by molar-refractivity contribution is 7.45. The summed E-state index contributed by atoms with van der Waals surface area (Å²) in [4.78, 5) is 0. The number of hydrogen-bond acceptors (Lipinski definition) is 6. The highest BCUT2D eigenvalue weighted by atomic mass is 31.2. The van der Waals surface area contributed by atoms with Gasteiger partial charge in [-0.25, -0.2) is 4.67 Å². The van der Waals surface area contributed by atoms with Crippen molar-refractivity contribution in [3.05, 3.63) is 0 Å². The summed E-state index contributed by atoms with van der Waals surface area (Å²) in [7, 11) is 0.677. The Morgan fingerprint density at radius 3 is 2.91 bits per heavy atom. The molecule has 4 aliphatic rings. The molecule has 7 atom stereocenters. The van der Waals surface area contributed by atoms with E-state index in [-0.39, 0.29) is 24.4 Å². The second kappa shape index (κ2) is 6.17. The summed E-state index contributed by atoms with van der Waals surface area (Å²) >= 11 is 0. The molecule has 4 rings (SSSR count). The normalized spacial score (nSPS) is 49.4. The van der Waals surface area contributed by atoms with Crippen molar-refractivity contribution in [3.63, 3.8) is 0 Å². The van der Waals surface area contributed by atoms with Gasteiger partial charge in [-0.3, -0.25) is 0 Å². The van der Waals surface area contributed by atoms with Crippen LogP contribution in [0.2, 0.25) is 0 Å². The molecule has 0 aliphatic carbocycles. The summed E-state index contributed by atoms with van der Waals surface area (Å²) in [6.07, 6.45) is 2.65. The van der Waals surface area contributed by atoms with E-state index < -0.39 is 14.1 Å². The van der Waals surface area contributed by atoms with Crippen molar-refractivity contribution in [3.8, 4) is 0 Å². The van der Waals surface area contributed by atoms with Gasteiger partial charge in [-0.05, 0) is 25.7 Å². The SMILES string of the molecule is COC[C@@]12COC([C@H](C)O1)[C@H]2OP1OC(C(C)C)C2CCCN21. The minimum Gasteiger partial charge on any atom is -0.381 e. The maximum Gasteiger partial charge on any atom is 0.259 e.